The molecule has 0 aromatic rings. The second kappa shape index (κ2) is 9.39. The molecule has 0 aliphatic carbocycles. The summed E-state index contributed by atoms with van der Waals surface area (Å²) in [6, 6.07) is 0. The Bertz CT molecular complexity index is 207. The molecule has 1 atom stereocenters. The fourth-order valence-corrected chi connectivity index (χ4v) is 1.34. The molecule has 0 bridgehead atoms. The van der Waals surface area contributed by atoms with Gasteiger partial charge in [0.2, 0.25) is 0 Å². The highest BCUT2D eigenvalue weighted by Gasteiger charge is 2.17. The molecule has 5 nitrogen and oxygen atoms in total. The lowest BCUT2D eigenvalue weighted by Crippen LogP contribution is -2.41. The first kappa shape index (κ1) is 16.4. The molecule has 3 N–H and O–H groups in total. The van der Waals surface area contributed by atoms with Crippen molar-refractivity contribution in [3.8, 4) is 0 Å². The van der Waals surface area contributed by atoms with Crippen LogP contribution in [0.2, 0.25) is 0 Å². The van der Waals surface area contributed by atoms with Crippen molar-refractivity contribution in [1.82, 2.24) is 5.32 Å². The molecular weight excluding hydrogens is 222 g/mol. The third-order valence-electron chi connectivity index (χ3n) is 2.39. The maximum Gasteiger partial charge on any atom is 0.305 e. The van der Waals surface area contributed by atoms with Crippen molar-refractivity contribution in [2.24, 2.45) is 0 Å². The number of unbranched alkanes of at least 4 members (excludes halogenated alkanes) is 2. The lowest BCUT2D eigenvalue weighted by molar-refractivity contribution is -0.143. The van der Waals surface area contributed by atoms with Gasteiger partial charge >= 0.3 is 5.97 Å². The summed E-state index contributed by atoms with van der Waals surface area (Å²) in [6.45, 7) is 4.73. The molecule has 17 heavy (non-hydrogen) atoms. The minimum Gasteiger partial charge on any atom is -0.466 e. The molecule has 1 unspecified atom stereocenters. The van der Waals surface area contributed by atoms with Crippen molar-refractivity contribution in [2.75, 3.05) is 26.3 Å². The van der Waals surface area contributed by atoms with Gasteiger partial charge in [-0.2, -0.15) is 0 Å². The van der Waals surface area contributed by atoms with Crippen LogP contribution in [0.5, 0.6) is 0 Å². The van der Waals surface area contributed by atoms with Gasteiger partial charge < -0.3 is 20.3 Å². The van der Waals surface area contributed by atoms with Gasteiger partial charge in [0, 0.05) is 13.0 Å². The predicted octanol–water partition coefficient (Wildman–Crippen LogP) is 0.443. The van der Waals surface area contributed by atoms with E-state index >= 15 is 0 Å². The monoisotopic (exact) mass is 247 g/mol. The summed E-state index contributed by atoms with van der Waals surface area (Å²) in [4.78, 5) is 11.0. The third-order valence-corrected chi connectivity index (χ3v) is 2.39. The summed E-state index contributed by atoms with van der Waals surface area (Å²) in [5.74, 6) is -0.135. The number of carbonyl (C=O) groups is 1. The van der Waals surface area contributed by atoms with Crippen molar-refractivity contribution >= 4 is 5.97 Å². The van der Waals surface area contributed by atoms with E-state index in [1.807, 2.05) is 0 Å². The quantitative estimate of drug-likeness (QED) is 0.386. The first-order chi connectivity index (χ1) is 8.02. The number of hydrogen-bond acceptors (Lipinski definition) is 5. The van der Waals surface area contributed by atoms with Crippen LogP contribution in [0.4, 0.5) is 0 Å². The molecule has 0 aliphatic heterocycles. The van der Waals surface area contributed by atoms with E-state index in [9.17, 15) is 9.90 Å². The second-order valence-corrected chi connectivity index (χ2v) is 4.45. The number of nitrogens with one attached hydrogen (secondary N) is 1. The van der Waals surface area contributed by atoms with Gasteiger partial charge in [0.1, 0.15) is 0 Å². The highest BCUT2D eigenvalue weighted by Crippen LogP contribution is 2.02. The normalized spacial score (nSPS) is 14.4. The van der Waals surface area contributed by atoms with Gasteiger partial charge in [0.15, 0.2) is 0 Å². The van der Waals surface area contributed by atoms with Crippen molar-refractivity contribution in [3.05, 3.63) is 0 Å². The third kappa shape index (κ3) is 10.2. The number of aliphatic hydroxyl groups is 2. The van der Waals surface area contributed by atoms with E-state index < -0.39 is 5.60 Å². The molecule has 0 aromatic carbocycles. The van der Waals surface area contributed by atoms with E-state index in [0.29, 0.717) is 19.6 Å². The highest BCUT2D eigenvalue weighted by atomic mass is 16.5. The van der Waals surface area contributed by atoms with Crippen LogP contribution >= 0.6 is 0 Å². The molecule has 102 valence electrons. The molecule has 0 rings (SSSR count). The maximum absolute atomic E-state index is 11.0. The minimum atomic E-state index is -1.05. The highest BCUT2D eigenvalue weighted by molar-refractivity contribution is 5.69. The second-order valence-electron chi connectivity index (χ2n) is 4.45. The van der Waals surface area contributed by atoms with Crippen molar-refractivity contribution in [1.29, 1.82) is 0 Å². The molecule has 0 fully saturated rings. The van der Waals surface area contributed by atoms with Gasteiger partial charge in [-0.25, -0.2) is 0 Å². The maximum atomic E-state index is 11.0. The summed E-state index contributed by atoms with van der Waals surface area (Å²) in [7, 11) is 0. The van der Waals surface area contributed by atoms with Crippen LogP contribution in [-0.2, 0) is 9.53 Å². The predicted molar refractivity (Wildman–Crippen MR) is 65.7 cm³/mol. The number of rotatable bonds is 10. The van der Waals surface area contributed by atoms with E-state index in [1.165, 1.54) is 0 Å². The Kier molecular flexibility index (Phi) is 9.03. The van der Waals surface area contributed by atoms with E-state index in [1.54, 1.807) is 13.8 Å². The van der Waals surface area contributed by atoms with Gasteiger partial charge in [-0.1, -0.05) is 6.42 Å². The largest absolute Gasteiger partial charge is 0.466 e. The molecule has 0 saturated carbocycles. The van der Waals surface area contributed by atoms with Crippen molar-refractivity contribution in [2.45, 2.75) is 45.1 Å². The van der Waals surface area contributed by atoms with Gasteiger partial charge in [-0.05, 0) is 33.2 Å². The lowest BCUT2D eigenvalue weighted by Gasteiger charge is -2.20. The molecule has 5 heteroatoms. The van der Waals surface area contributed by atoms with Crippen LogP contribution in [0.3, 0.4) is 0 Å². The zero-order chi connectivity index (χ0) is 13.1. The Morgan fingerprint density at radius 3 is 2.65 bits per heavy atom. The van der Waals surface area contributed by atoms with Crippen LogP contribution < -0.4 is 5.32 Å². The number of carbonyl (C=O) groups excluding carboxylic acids is 1. The summed E-state index contributed by atoms with van der Waals surface area (Å²) in [6.07, 6.45) is 3.20. The molecule has 0 aromatic heterocycles. The van der Waals surface area contributed by atoms with Crippen LogP contribution in [-0.4, -0.2) is 48.1 Å². The van der Waals surface area contributed by atoms with Crippen LogP contribution in [0.1, 0.15) is 39.5 Å². The summed E-state index contributed by atoms with van der Waals surface area (Å²) < 4.78 is 4.81. The van der Waals surface area contributed by atoms with Crippen LogP contribution in [0.25, 0.3) is 0 Å². The molecule has 0 saturated heterocycles. The minimum absolute atomic E-state index is 0.135. The number of hydrogen-bond donors (Lipinski definition) is 3. The van der Waals surface area contributed by atoms with E-state index in [2.05, 4.69) is 5.32 Å². The van der Waals surface area contributed by atoms with Crippen LogP contribution in [0.15, 0.2) is 0 Å². The van der Waals surface area contributed by atoms with E-state index in [0.717, 1.165) is 25.8 Å². The topological polar surface area (TPSA) is 78.8 Å². The summed E-state index contributed by atoms with van der Waals surface area (Å²) in [5, 5.41) is 21.4. The molecule has 0 spiro atoms. The standard InChI is InChI=1S/C12H25NO4/c1-3-17-11(15)7-5-4-6-8-13-9-12(2,16)10-14/h13-14,16H,3-10H2,1-2H3. The van der Waals surface area contributed by atoms with Gasteiger partial charge in [-0.15, -0.1) is 0 Å². The Hall–Kier alpha value is -0.650. The Morgan fingerprint density at radius 2 is 2.06 bits per heavy atom. The Balaban J connectivity index is 3.27. The average Bonchev–Trinajstić information content (AvgIpc) is 2.28. The fraction of sp³-hybridized carbons (Fsp3) is 0.917. The number of aliphatic hydroxyl groups excluding tert-OH is 1. The summed E-state index contributed by atoms with van der Waals surface area (Å²) >= 11 is 0. The summed E-state index contributed by atoms with van der Waals surface area (Å²) in [5.41, 5.74) is -1.05. The Labute approximate surface area is 103 Å². The first-order valence-electron chi connectivity index (χ1n) is 6.21. The zero-order valence-corrected chi connectivity index (χ0v) is 10.9. The molecule has 0 amide bonds. The van der Waals surface area contributed by atoms with Gasteiger partial charge in [-0.3, -0.25) is 4.79 Å². The van der Waals surface area contributed by atoms with Gasteiger partial charge in [0.05, 0.1) is 18.8 Å². The smallest absolute Gasteiger partial charge is 0.305 e. The van der Waals surface area contributed by atoms with Crippen LogP contribution in [0, 0.1) is 0 Å². The molecular formula is C12H25NO4. The molecule has 0 aliphatic rings. The lowest BCUT2D eigenvalue weighted by atomic mass is 10.1. The molecule has 0 radical (unpaired) electrons. The number of ether oxygens (including phenoxy) is 1. The fourth-order valence-electron chi connectivity index (χ4n) is 1.34. The molecule has 0 heterocycles. The average molecular weight is 247 g/mol. The van der Waals surface area contributed by atoms with E-state index in [-0.39, 0.29) is 12.6 Å². The SMILES string of the molecule is CCOC(=O)CCCCCNCC(C)(O)CO. The number of esters is 1. The van der Waals surface area contributed by atoms with Crippen molar-refractivity contribution < 1.29 is 19.7 Å². The van der Waals surface area contributed by atoms with Crippen molar-refractivity contribution in [3.63, 3.8) is 0 Å². The van der Waals surface area contributed by atoms with Gasteiger partial charge in [0.25, 0.3) is 0 Å². The zero-order valence-electron chi connectivity index (χ0n) is 10.9. The Morgan fingerprint density at radius 1 is 1.35 bits per heavy atom. The van der Waals surface area contributed by atoms with E-state index in [4.69, 9.17) is 9.84 Å². The first-order valence-corrected chi connectivity index (χ1v) is 6.21.